The van der Waals surface area contributed by atoms with Gasteiger partial charge in [0.25, 0.3) is 0 Å². The van der Waals surface area contributed by atoms with Crippen LogP contribution in [0.15, 0.2) is 91.1 Å². The van der Waals surface area contributed by atoms with Crippen molar-refractivity contribution in [2.24, 2.45) is 5.92 Å². The number of hydrogen-bond donors (Lipinski definition) is 3. The van der Waals surface area contributed by atoms with Gasteiger partial charge in [-0.15, -0.1) is 0 Å². The predicted molar refractivity (Wildman–Crippen MR) is 154 cm³/mol. The van der Waals surface area contributed by atoms with Crippen molar-refractivity contribution in [1.82, 2.24) is 4.98 Å². The monoisotopic (exact) mass is 561 g/mol. The number of urea groups is 1. The van der Waals surface area contributed by atoms with E-state index < -0.39 is 17.9 Å². The number of aryl methyl sites for hydroxylation is 1. The minimum atomic E-state index is -0.973. The van der Waals surface area contributed by atoms with E-state index in [1.807, 2.05) is 30.3 Å². The van der Waals surface area contributed by atoms with Crippen molar-refractivity contribution < 1.29 is 19.5 Å². The van der Waals surface area contributed by atoms with Crippen LogP contribution in [-0.2, 0) is 11.2 Å². The van der Waals surface area contributed by atoms with Crippen LogP contribution in [0.2, 0.25) is 10.0 Å². The van der Waals surface area contributed by atoms with Gasteiger partial charge >= 0.3 is 12.0 Å². The minimum absolute atomic E-state index is 0.0659. The third-order valence-corrected chi connectivity index (χ3v) is 6.49. The van der Waals surface area contributed by atoms with E-state index in [1.165, 1.54) is 6.20 Å². The van der Waals surface area contributed by atoms with Gasteiger partial charge < -0.3 is 15.7 Å². The lowest BCUT2D eigenvalue weighted by Gasteiger charge is -2.12. The number of aliphatic carboxylic acids is 1. The number of carbonyl (C=O) groups excluding carboxylic acids is 2. The summed E-state index contributed by atoms with van der Waals surface area (Å²) in [6, 6.07) is 24.2. The number of nitrogens with one attached hydrogen (secondary N) is 2. The number of ketones is 1. The third kappa shape index (κ3) is 8.14. The zero-order chi connectivity index (χ0) is 27.8. The molecule has 0 spiro atoms. The molecule has 0 aliphatic heterocycles. The van der Waals surface area contributed by atoms with E-state index in [1.54, 1.807) is 54.6 Å². The summed E-state index contributed by atoms with van der Waals surface area (Å²) >= 11 is 11.9. The molecule has 0 bridgehead atoms. The van der Waals surface area contributed by atoms with Crippen LogP contribution >= 0.6 is 23.2 Å². The van der Waals surface area contributed by atoms with Crippen LogP contribution in [0, 0.1) is 5.92 Å². The second-order valence-corrected chi connectivity index (χ2v) is 9.81. The van der Waals surface area contributed by atoms with Crippen LogP contribution in [-0.4, -0.2) is 27.9 Å². The summed E-state index contributed by atoms with van der Waals surface area (Å²) in [5.74, 6) is -1.95. The summed E-state index contributed by atoms with van der Waals surface area (Å²) in [5, 5.41) is 15.8. The molecule has 1 atom stereocenters. The standard InChI is InChI=1S/C30H25Cl2N3O4/c31-23-15-24(32)17-26(16-23)35-30(39)34-25-12-13-27(33-18-25)20-8-10-21(11-9-20)28(36)14-22(29(37)38)7-6-19-4-2-1-3-5-19/h1-5,8-13,15-18,22H,6-7,14H2,(H,37,38)(H2,34,35,39). The molecule has 0 radical (unpaired) electrons. The van der Waals surface area contributed by atoms with Crippen LogP contribution in [0.3, 0.4) is 0 Å². The molecule has 0 saturated heterocycles. The average Bonchev–Trinajstić information content (AvgIpc) is 2.91. The van der Waals surface area contributed by atoms with Crippen molar-refractivity contribution in [3.63, 3.8) is 0 Å². The Morgan fingerprint density at radius 1 is 0.821 bits per heavy atom. The predicted octanol–water partition coefficient (Wildman–Crippen LogP) is 7.61. The zero-order valence-electron chi connectivity index (χ0n) is 20.7. The van der Waals surface area contributed by atoms with Crippen LogP contribution in [0.4, 0.5) is 16.2 Å². The largest absolute Gasteiger partial charge is 0.481 e. The highest BCUT2D eigenvalue weighted by molar-refractivity contribution is 6.35. The van der Waals surface area contributed by atoms with Gasteiger partial charge in [-0.05, 0) is 48.7 Å². The van der Waals surface area contributed by atoms with E-state index >= 15 is 0 Å². The van der Waals surface area contributed by atoms with Gasteiger partial charge in [0.05, 0.1) is 23.5 Å². The number of nitrogens with zero attached hydrogens (tertiary/aromatic N) is 1. The Morgan fingerprint density at radius 3 is 2.10 bits per heavy atom. The van der Waals surface area contributed by atoms with Crippen molar-refractivity contribution >= 4 is 52.4 Å². The maximum absolute atomic E-state index is 12.8. The quantitative estimate of drug-likeness (QED) is 0.173. The van der Waals surface area contributed by atoms with Crippen LogP contribution < -0.4 is 10.6 Å². The molecule has 0 aliphatic rings. The Hall–Kier alpha value is -4.20. The number of rotatable bonds is 10. The van der Waals surface area contributed by atoms with Crippen molar-refractivity contribution in [3.05, 3.63) is 112 Å². The summed E-state index contributed by atoms with van der Waals surface area (Å²) in [5.41, 5.74) is 3.84. The molecule has 4 rings (SSSR count). The van der Waals surface area contributed by atoms with Crippen LogP contribution in [0.5, 0.6) is 0 Å². The Morgan fingerprint density at radius 2 is 1.49 bits per heavy atom. The molecule has 1 aromatic heterocycles. The number of halogens is 2. The molecule has 9 heteroatoms. The Bertz CT molecular complexity index is 1440. The number of aromatic nitrogens is 1. The fraction of sp³-hybridized carbons (Fsp3) is 0.133. The van der Waals surface area contributed by atoms with Gasteiger partial charge in [-0.3, -0.25) is 14.6 Å². The first-order valence-corrected chi connectivity index (χ1v) is 12.9. The second-order valence-electron chi connectivity index (χ2n) is 8.93. The lowest BCUT2D eigenvalue weighted by molar-refractivity contribution is -0.141. The molecular weight excluding hydrogens is 537 g/mol. The van der Waals surface area contributed by atoms with Gasteiger partial charge in [0.15, 0.2) is 5.78 Å². The molecule has 0 aliphatic carbocycles. The van der Waals surface area contributed by atoms with Gasteiger partial charge in [-0.25, -0.2) is 4.79 Å². The van der Waals surface area contributed by atoms with Crippen molar-refractivity contribution in [1.29, 1.82) is 0 Å². The number of carboxylic acids is 1. The highest BCUT2D eigenvalue weighted by atomic mass is 35.5. The number of anilines is 2. The molecule has 3 aromatic carbocycles. The number of Topliss-reactive ketones (excluding diaryl/α,β-unsaturated/α-hetero) is 1. The smallest absolute Gasteiger partial charge is 0.323 e. The topological polar surface area (TPSA) is 108 Å². The number of pyridine rings is 1. The molecule has 0 saturated carbocycles. The van der Waals surface area contributed by atoms with E-state index in [0.29, 0.717) is 45.5 Å². The SMILES string of the molecule is O=C(Nc1ccc(-c2ccc(C(=O)CC(CCc3ccccc3)C(=O)O)cc2)nc1)Nc1cc(Cl)cc(Cl)c1. The Labute approximate surface area is 235 Å². The molecule has 39 heavy (non-hydrogen) atoms. The first kappa shape index (κ1) is 27.8. The normalized spacial score (nSPS) is 11.4. The van der Waals surface area contributed by atoms with Gasteiger partial charge in [0.2, 0.25) is 0 Å². The van der Waals surface area contributed by atoms with E-state index in [2.05, 4.69) is 15.6 Å². The minimum Gasteiger partial charge on any atom is -0.481 e. The van der Waals surface area contributed by atoms with Gasteiger partial charge in [0, 0.05) is 33.3 Å². The lowest BCUT2D eigenvalue weighted by atomic mass is 9.92. The van der Waals surface area contributed by atoms with E-state index in [-0.39, 0.29) is 12.2 Å². The number of amides is 2. The molecule has 1 heterocycles. The molecule has 4 aromatic rings. The highest BCUT2D eigenvalue weighted by Gasteiger charge is 2.22. The lowest BCUT2D eigenvalue weighted by Crippen LogP contribution is -2.19. The van der Waals surface area contributed by atoms with E-state index in [4.69, 9.17) is 23.2 Å². The summed E-state index contributed by atoms with van der Waals surface area (Å²) in [4.78, 5) is 41.2. The highest BCUT2D eigenvalue weighted by Crippen LogP contribution is 2.24. The first-order valence-electron chi connectivity index (χ1n) is 12.2. The number of benzene rings is 3. The van der Waals surface area contributed by atoms with Crippen molar-refractivity contribution in [3.8, 4) is 11.3 Å². The summed E-state index contributed by atoms with van der Waals surface area (Å²) in [6.07, 6.45) is 2.43. The van der Waals surface area contributed by atoms with Gasteiger partial charge in [0.1, 0.15) is 0 Å². The first-order chi connectivity index (χ1) is 18.8. The van der Waals surface area contributed by atoms with Crippen LogP contribution in [0.1, 0.15) is 28.8 Å². The Kier molecular flexibility index (Phi) is 9.31. The molecular formula is C30H25Cl2N3O4. The molecule has 0 fully saturated rings. The summed E-state index contributed by atoms with van der Waals surface area (Å²) in [6.45, 7) is 0. The number of carbonyl (C=O) groups is 3. The second kappa shape index (κ2) is 13.0. The summed E-state index contributed by atoms with van der Waals surface area (Å²) in [7, 11) is 0. The maximum Gasteiger partial charge on any atom is 0.323 e. The fourth-order valence-corrected chi connectivity index (χ4v) is 4.55. The van der Waals surface area contributed by atoms with E-state index in [0.717, 1.165) is 11.1 Å². The fourth-order valence-electron chi connectivity index (χ4n) is 4.02. The molecule has 2 amide bonds. The molecule has 1 unspecified atom stereocenters. The Balaban J connectivity index is 1.33. The maximum atomic E-state index is 12.8. The zero-order valence-corrected chi connectivity index (χ0v) is 22.2. The number of carboxylic acid groups (broad SMARTS) is 1. The number of hydrogen-bond acceptors (Lipinski definition) is 4. The van der Waals surface area contributed by atoms with Crippen LogP contribution in [0.25, 0.3) is 11.3 Å². The third-order valence-electron chi connectivity index (χ3n) is 6.05. The van der Waals surface area contributed by atoms with Crippen molar-refractivity contribution in [2.75, 3.05) is 10.6 Å². The molecule has 7 nitrogen and oxygen atoms in total. The van der Waals surface area contributed by atoms with Gasteiger partial charge in [-0.2, -0.15) is 0 Å². The molecule has 198 valence electrons. The van der Waals surface area contributed by atoms with E-state index in [9.17, 15) is 19.5 Å². The molecule has 3 N–H and O–H groups in total. The average molecular weight is 562 g/mol. The van der Waals surface area contributed by atoms with Gasteiger partial charge in [-0.1, -0.05) is 77.8 Å². The summed E-state index contributed by atoms with van der Waals surface area (Å²) < 4.78 is 0. The van der Waals surface area contributed by atoms with Crippen molar-refractivity contribution in [2.45, 2.75) is 19.3 Å².